The van der Waals surface area contributed by atoms with Crippen LogP contribution < -0.4 is 5.32 Å². The summed E-state index contributed by atoms with van der Waals surface area (Å²) in [6, 6.07) is 10.5. The van der Waals surface area contributed by atoms with Crippen LogP contribution in [0.15, 0.2) is 47.8 Å². The molecule has 1 amide bonds. The minimum atomic E-state index is -1.15. The summed E-state index contributed by atoms with van der Waals surface area (Å²) < 4.78 is 0.969. The van der Waals surface area contributed by atoms with Gasteiger partial charge < -0.3 is 15.5 Å². The second-order valence-electron chi connectivity index (χ2n) is 6.22. The number of carboxylic acid groups (broad SMARTS) is 2. The van der Waals surface area contributed by atoms with Gasteiger partial charge in [0.25, 0.3) is 5.91 Å². The van der Waals surface area contributed by atoms with Crippen LogP contribution in [0.3, 0.4) is 0 Å². The van der Waals surface area contributed by atoms with Gasteiger partial charge in [0, 0.05) is 21.9 Å². The van der Waals surface area contributed by atoms with Crippen LogP contribution in [0.2, 0.25) is 0 Å². The summed E-state index contributed by atoms with van der Waals surface area (Å²) in [6.07, 6.45) is 0.0577. The number of amides is 1. The van der Waals surface area contributed by atoms with E-state index in [0.29, 0.717) is 11.1 Å². The molecule has 0 aliphatic carbocycles. The van der Waals surface area contributed by atoms with E-state index in [4.69, 9.17) is 5.11 Å². The van der Waals surface area contributed by atoms with Crippen molar-refractivity contribution in [2.45, 2.75) is 19.4 Å². The number of aliphatic carboxylic acids is 1. The molecule has 0 unspecified atom stereocenters. The SMILES string of the molecule is Cc1ccc2c(C(=O)N[C@@H](Cc3ccc(C(=O)O)cc3)C(=O)O)csc2c1. The summed E-state index contributed by atoms with van der Waals surface area (Å²) in [7, 11) is 0. The minimum absolute atomic E-state index is 0.0577. The molecule has 0 aliphatic heterocycles. The third-order valence-electron chi connectivity index (χ3n) is 4.22. The first kappa shape index (κ1) is 18.6. The number of aryl methyl sites for hydroxylation is 1. The van der Waals surface area contributed by atoms with Crippen LogP contribution in [-0.4, -0.2) is 34.1 Å². The van der Waals surface area contributed by atoms with Crippen LogP contribution in [0.5, 0.6) is 0 Å². The molecule has 2 aromatic carbocycles. The number of aromatic carboxylic acids is 1. The fourth-order valence-corrected chi connectivity index (χ4v) is 3.80. The summed E-state index contributed by atoms with van der Waals surface area (Å²) >= 11 is 1.44. The molecule has 0 radical (unpaired) electrons. The number of benzene rings is 2. The Bertz CT molecular complexity index is 1020. The van der Waals surface area contributed by atoms with Crippen LogP contribution in [0, 0.1) is 6.92 Å². The summed E-state index contributed by atoms with van der Waals surface area (Å²) in [5, 5.41) is 23.5. The molecule has 0 aliphatic rings. The van der Waals surface area contributed by atoms with Gasteiger partial charge in [-0.15, -0.1) is 11.3 Å². The predicted octanol–water partition coefficient (Wildman–Crippen LogP) is 3.33. The smallest absolute Gasteiger partial charge is 0.335 e. The second-order valence-corrected chi connectivity index (χ2v) is 7.13. The highest BCUT2D eigenvalue weighted by Gasteiger charge is 2.23. The summed E-state index contributed by atoms with van der Waals surface area (Å²) in [5.74, 6) is -2.65. The topological polar surface area (TPSA) is 104 Å². The normalized spacial score (nSPS) is 11.9. The molecule has 1 heterocycles. The van der Waals surface area contributed by atoms with Gasteiger partial charge >= 0.3 is 11.9 Å². The van der Waals surface area contributed by atoms with Crippen LogP contribution in [0.1, 0.15) is 31.8 Å². The Balaban J connectivity index is 1.78. The van der Waals surface area contributed by atoms with Crippen LogP contribution >= 0.6 is 11.3 Å². The first-order valence-electron chi connectivity index (χ1n) is 8.19. The molecule has 0 bridgehead atoms. The summed E-state index contributed by atoms with van der Waals surface area (Å²) in [6.45, 7) is 1.97. The third-order valence-corrected chi connectivity index (χ3v) is 5.17. The highest BCUT2D eigenvalue weighted by molar-refractivity contribution is 7.17. The molecule has 3 rings (SSSR count). The molecule has 7 heteroatoms. The van der Waals surface area contributed by atoms with Crippen molar-refractivity contribution in [2.75, 3.05) is 0 Å². The largest absolute Gasteiger partial charge is 0.480 e. The maximum absolute atomic E-state index is 12.6. The zero-order valence-electron chi connectivity index (χ0n) is 14.4. The average molecular weight is 383 g/mol. The Hall–Kier alpha value is -3.19. The number of carboxylic acids is 2. The number of carbonyl (C=O) groups excluding carboxylic acids is 1. The van der Waals surface area contributed by atoms with E-state index in [0.717, 1.165) is 15.6 Å². The lowest BCUT2D eigenvalue weighted by atomic mass is 10.0. The van der Waals surface area contributed by atoms with Crippen LogP contribution in [0.25, 0.3) is 10.1 Å². The van der Waals surface area contributed by atoms with Gasteiger partial charge in [0.15, 0.2) is 0 Å². The van der Waals surface area contributed by atoms with Crippen molar-refractivity contribution in [3.63, 3.8) is 0 Å². The van der Waals surface area contributed by atoms with E-state index < -0.39 is 23.9 Å². The van der Waals surface area contributed by atoms with Gasteiger partial charge in [0.2, 0.25) is 0 Å². The fourth-order valence-electron chi connectivity index (χ4n) is 2.77. The van der Waals surface area contributed by atoms with Gasteiger partial charge in [-0.25, -0.2) is 9.59 Å². The molecule has 0 saturated heterocycles. The minimum Gasteiger partial charge on any atom is -0.480 e. The Morgan fingerprint density at radius 3 is 2.41 bits per heavy atom. The first-order chi connectivity index (χ1) is 12.8. The van der Waals surface area contributed by atoms with Crippen LogP contribution in [-0.2, 0) is 11.2 Å². The summed E-state index contributed by atoms with van der Waals surface area (Å²) in [4.78, 5) is 35.1. The van der Waals surface area contributed by atoms with Crippen molar-refractivity contribution in [1.29, 1.82) is 0 Å². The van der Waals surface area contributed by atoms with Gasteiger partial charge in [-0.2, -0.15) is 0 Å². The highest BCUT2D eigenvalue weighted by Crippen LogP contribution is 2.27. The number of hydrogen-bond donors (Lipinski definition) is 3. The van der Waals surface area contributed by atoms with Crippen molar-refractivity contribution in [3.8, 4) is 0 Å². The van der Waals surface area contributed by atoms with Crippen molar-refractivity contribution < 1.29 is 24.6 Å². The molecule has 3 N–H and O–H groups in total. The zero-order chi connectivity index (χ0) is 19.6. The molecule has 0 saturated carbocycles. The van der Waals surface area contributed by atoms with E-state index in [9.17, 15) is 19.5 Å². The third kappa shape index (κ3) is 4.15. The molecule has 27 heavy (non-hydrogen) atoms. The van der Waals surface area contributed by atoms with Crippen molar-refractivity contribution in [1.82, 2.24) is 5.32 Å². The molecular formula is C20H17NO5S. The lowest BCUT2D eigenvalue weighted by molar-refractivity contribution is -0.139. The van der Waals surface area contributed by atoms with E-state index in [2.05, 4.69) is 5.32 Å². The number of fused-ring (bicyclic) bond motifs is 1. The van der Waals surface area contributed by atoms with E-state index in [1.54, 1.807) is 17.5 Å². The Labute approximate surface area is 159 Å². The van der Waals surface area contributed by atoms with Gasteiger partial charge in [-0.05, 0) is 36.2 Å². The van der Waals surface area contributed by atoms with E-state index >= 15 is 0 Å². The van der Waals surface area contributed by atoms with Gasteiger partial charge in [-0.3, -0.25) is 4.79 Å². The van der Waals surface area contributed by atoms with Crippen molar-refractivity contribution in [3.05, 3.63) is 70.1 Å². The molecule has 138 valence electrons. The van der Waals surface area contributed by atoms with Crippen LogP contribution in [0.4, 0.5) is 0 Å². The fraction of sp³-hybridized carbons (Fsp3) is 0.150. The number of thiophene rings is 1. The predicted molar refractivity (Wildman–Crippen MR) is 103 cm³/mol. The molecule has 3 aromatic rings. The average Bonchev–Trinajstić information content (AvgIpc) is 3.04. The molecule has 6 nitrogen and oxygen atoms in total. The van der Waals surface area contributed by atoms with E-state index in [1.165, 1.54) is 23.5 Å². The standard InChI is InChI=1S/C20H17NO5S/c1-11-2-7-14-15(10-27-17(14)8-11)18(22)21-16(20(25)26)9-12-3-5-13(6-4-12)19(23)24/h2-8,10,16H,9H2,1H3,(H,21,22)(H,23,24)(H,25,26)/t16-/m0/s1. The Morgan fingerprint density at radius 2 is 1.78 bits per heavy atom. The highest BCUT2D eigenvalue weighted by atomic mass is 32.1. The van der Waals surface area contributed by atoms with Crippen molar-refractivity contribution >= 4 is 39.3 Å². The lowest BCUT2D eigenvalue weighted by Crippen LogP contribution is -2.42. The lowest BCUT2D eigenvalue weighted by Gasteiger charge is -2.14. The molecule has 1 atom stereocenters. The number of hydrogen-bond acceptors (Lipinski definition) is 4. The van der Waals surface area contributed by atoms with Gasteiger partial charge in [-0.1, -0.05) is 24.3 Å². The van der Waals surface area contributed by atoms with E-state index in [1.807, 2.05) is 25.1 Å². The zero-order valence-corrected chi connectivity index (χ0v) is 15.2. The Kier molecular flexibility index (Phi) is 5.23. The van der Waals surface area contributed by atoms with Gasteiger partial charge in [0.05, 0.1) is 11.1 Å². The first-order valence-corrected chi connectivity index (χ1v) is 9.07. The molecule has 0 fully saturated rings. The Morgan fingerprint density at radius 1 is 1.07 bits per heavy atom. The number of nitrogens with one attached hydrogen (secondary N) is 1. The maximum Gasteiger partial charge on any atom is 0.335 e. The second kappa shape index (κ2) is 7.59. The molecule has 0 spiro atoms. The van der Waals surface area contributed by atoms with E-state index in [-0.39, 0.29) is 12.0 Å². The molecular weight excluding hydrogens is 366 g/mol. The monoisotopic (exact) mass is 383 g/mol. The van der Waals surface area contributed by atoms with Gasteiger partial charge in [0.1, 0.15) is 6.04 Å². The quantitative estimate of drug-likeness (QED) is 0.606. The maximum atomic E-state index is 12.6. The summed E-state index contributed by atoms with van der Waals surface area (Å²) in [5.41, 5.74) is 2.28. The number of rotatable bonds is 6. The molecule has 1 aromatic heterocycles. The van der Waals surface area contributed by atoms with Crippen molar-refractivity contribution in [2.24, 2.45) is 0 Å². The number of carbonyl (C=O) groups is 3.